The zero-order valence-electron chi connectivity index (χ0n) is 27.2. The third kappa shape index (κ3) is 4.15. The van der Waals surface area contributed by atoms with Gasteiger partial charge in [-0.3, -0.25) is 0 Å². The highest BCUT2D eigenvalue weighted by molar-refractivity contribution is 6.18. The lowest BCUT2D eigenvalue weighted by atomic mass is 9.98. The molecule has 0 saturated heterocycles. The van der Waals surface area contributed by atoms with E-state index < -0.39 is 0 Å². The first-order chi connectivity index (χ1) is 25.3. The van der Waals surface area contributed by atoms with Crippen LogP contribution in [-0.2, 0) is 0 Å². The lowest BCUT2D eigenvalue weighted by Crippen LogP contribution is -1.94. The molecule has 5 nitrogen and oxygen atoms in total. The summed E-state index contributed by atoms with van der Waals surface area (Å²) in [5.41, 5.74) is 12.2. The molecular formula is C46H27N3O2. The van der Waals surface area contributed by atoms with E-state index in [9.17, 15) is 0 Å². The number of hydrogen-bond acceptors (Lipinski definition) is 4. The van der Waals surface area contributed by atoms with Crippen LogP contribution in [0.5, 0.6) is 0 Å². The van der Waals surface area contributed by atoms with Crippen molar-refractivity contribution in [2.75, 3.05) is 0 Å². The van der Waals surface area contributed by atoms with E-state index in [-0.39, 0.29) is 0 Å². The normalized spacial score (nSPS) is 11.9. The highest BCUT2D eigenvalue weighted by Crippen LogP contribution is 2.43. The van der Waals surface area contributed by atoms with Crippen molar-refractivity contribution >= 4 is 65.8 Å². The van der Waals surface area contributed by atoms with Crippen molar-refractivity contribution in [1.82, 2.24) is 14.5 Å². The number of furan rings is 2. The van der Waals surface area contributed by atoms with Crippen LogP contribution >= 0.6 is 0 Å². The summed E-state index contributed by atoms with van der Waals surface area (Å²) in [5, 5.41) is 5.41. The summed E-state index contributed by atoms with van der Waals surface area (Å²) >= 11 is 0. The van der Waals surface area contributed by atoms with Gasteiger partial charge >= 0.3 is 0 Å². The van der Waals surface area contributed by atoms with Gasteiger partial charge in [0, 0.05) is 43.7 Å². The van der Waals surface area contributed by atoms with Gasteiger partial charge in [-0.2, -0.15) is 0 Å². The first-order valence-electron chi connectivity index (χ1n) is 17.1. The van der Waals surface area contributed by atoms with Gasteiger partial charge in [0.25, 0.3) is 0 Å². The summed E-state index contributed by atoms with van der Waals surface area (Å²) in [4.78, 5) is 10.4. The average molecular weight is 654 g/mol. The molecule has 0 spiro atoms. The first kappa shape index (κ1) is 27.9. The zero-order chi connectivity index (χ0) is 33.5. The summed E-state index contributed by atoms with van der Waals surface area (Å²) in [5.74, 6) is 0.643. The fourth-order valence-corrected chi connectivity index (χ4v) is 7.80. The molecule has 0 aliphatic carbocycles. The minimum atomic E-state index is 0.643. The zero-order valence-corrected chi connectivity index (χ0v) is 27.2. The molecule has 0 aliphatic heterocycles. The molecular weight excluding hydrogens is 627 g/mol. The molecule has 0 aliphatic rings. The molecule has 0 bridgehead atoms. The van der Waals surface area contributed by atoms with E-state index in [4.69, 9.17) is 18.8 Å². The van der Waals surface area contributed by atoms with Crippen molar-refractivity contribution in [3.63, 3.8) is 0 Å². The molecule has 0 amide bonds. The molecule has 0 N–H and O–H groups in total. The third-order valence-electron chi connectivity index (χ3n) is 10.0. The van der Waals surface area contributed by atoms with Gasteiger partial charge in [-0.15, -0.1) is 0 Å². The molecule has 4 aromatic heterocycles. The van der Waals surface area contributed by atoms with Crippen molar-refractivity contribution in [2.24, 2.45) is 0 Å². The summed E-state index contributed by atoms with van der Waals surface area (Å²) in [6.07, 6.45) is 0. The maximum absolute atomic E-state index is 6.72. The minimum absolute atomic E-state index is 0.643. The van der Waals surface area contributed by atoms with Crippen molar-refractivity contribution in [1.29, 1.82) is 0 Å². The van der Waals surface area contributed by atoms with Gasteiger partial charge in [-0.25, -0.2) is 9.97 Å². The van der Waals surface area contributed by atoms with Crippen LogP contribution in [0.1, 0.15) is 0 Å². The molecule has 11 rings (SSSR count). The molecule has 5 heteroatoms. The van der Waals surface area contributed by atoms with Crippen molar-refractivity contribution in [3.05, 3.63) is 164 Å². The van der Waals surface area contributed by atoms with Crippen LogP contribution in [0.15, 0.2) is 173 Å². The van der Waals surface area contributed by atoms with Crippen molar-refractivity contribution < 1.29 is 8.83 Å². The van der Waals surface area contributed by atoms with Crippen LogP contribution in [-0.4, -0.2) is 14.5 Å². The number of aromatic nitrogens is 3. The maximum Gasteiger partial charge on any atom is 0.180 e. The van der Waals surface area contributed by atoms with E-state index in [1.807, 2.05) is 48.5 Å². The summed E-state index contributed by atoms with van der Waals surface area (Å²) in [7, 11) is 0. The smallest absolute Gasteiger partial charge is 0.180 e. The Morgan fingerprint density at radius 3 is 2.00 bits per heavy atom. The van der Waals surface area contributed by atoms with Gasteiger partial charge < -0.3 is 13.4 Å². The SMILES string of the molecule is c1ccc(-c2nc(-c3cccc4oc5ccccc5c34)c3oc4ccc(-c5cccc6c5c5ccccc5n6-c5ccccc5)cc4c3n2)cc1. The number of benzene rings is 7. The topological polar surface area (TPSA) is 57.0 Å². The molecule has 0 fully saturated rings. The van der Waals surface area contributed by atoms with Gasteiger partial charge in [0.05, 0.1) is 11.0 Å². The predicted octanol–water partition coefficient (Wildman–Crippen LogP) is 12.4. The Kier molecular flexibility index (Phi) is 5.89. The molecule has 7 aromatic carbocycles. The Labute approximate surface area is 291 Å². The van der Waals surface area contributed by atoms with Gasteiger partial charge in [0.1, 0.15) is 28.0 Å². The number of rotatable bonds is 4. The van der Waals surface area contributed by atoms with Gasteiger partial charge in [-0.05, 0) is 59.7 Å². The largest absolute Gasteiger partial charge is 0.456 e. The highest BCUT2D eigenvalue weighted by Gasteiger charge is 2.23. The van der Waals surface area contributed by atoms with E-state index in [0.717, 1.165) is 77.6 Å². The fraction of sp³-hybridized carbons (Fsp3) is 0. The number of nitrogens with zero attached hydrogens (tertiary/aromatic N) is 3. The van der Waals surface area contributed by atoms with E-state index >= 15 is 0 Å². The molecule has 0 atom stereocenters. The van der Waals surface area contributed by atoms with Crippen LogP contribution in [0.4, 0.5) is 0 Å². The van der Waals surface area contributed by atoms with E-state index in [1.54, 1.807) is 0 Å². The number of para-hydroxylation sites is 3. The van der Waals surface area contributed by atoms with Crippen LogP contribution in [0.2, 0.25) is 0 Å². The van der Waals surface area contributed by atoms with E-state index in [2.05, 4.69) is 120 Å². The van der Waals surface area contributed by atoms with Crippen LogP contribution in [0, 0.1) is 0 Å². The maximum atomic E-state index is 6.72. The lowest BCUT2D eigenvalue weighted by molar-refractivity contribution is 0.667. The van der Waals surface area contributed by atoms with Crippen LogP contribution in [0.3, 0.4) is 0 Å². The molecule has 4 heterocycles. The van der Waals surface area contributed by atoms with Crippen molar-refractivity contribution in [2.45, 2.75) is 0 Å². The standard InChI is InChI=1S/C46H27N3O2/c1-3-13-28(14-4-1)46-47-43(34-20-12-24-40-42(34)33-18-8-10-23-38(33)50-40)45-44(48-46)35-27-29(25-26-39(35)51-45)31-19-11-22-37-41(31)32-17-7-9-21-36(32)49(37)30-15-5-2-6-16-30/h1-27H. The van der Waals surface area contributed by atoms with Crippen LogP contribution < -0.4 is 0 Å². The summed E-state index contributed by atoms with van der Waals surface area (Å²) < 4.78 is 15.4. The lowest BCUT2D eigenvalue weighted by Gasteiger charge is -2.09. The predicted molar refractivity (Wildman–Crippen MR) is 207 cm³/mol. The van der Waals surface area contributed by atoms with E-state index in [0.29, 0.717) is 11.4 Å². The fourth-order valence-electron chi connectivity index (χ4n) is 7.80. The second-order valence-electron chi connectivity index (χ2n) is 12.9. The third-order valence-corrected chi connectivity index (χ3v) is 10.0. The average Bonchev–Trinajstić information content (AvgIpc) is 3.87. The first-order valence-corrected chi connectivity index (χ1v) is 17.1. The molecule has 11 aromatic rings. The molecule has 238 valence electrons. The molecule has 51 heavy (non-hydrogen) atoms. The van der Waals surface area contributed by atoms with Crippen molar-refractivity contribution in [3.8, 4) is 39.5 Å². The molecule has 0 unspecified atom stereocenters. The molecule has 0 saturated carbocycles. The summed E-state index contributed by atoms with van der Waals surface area (Å²) in [6, 6.07) is 56.7. The second kappa shape index (κ2) is 10.8. The second-order valence-corrected chi connectivity index (χ2v) is 12.9. The van der Waals surface area contributed by atoms with E-state index in [1.165, 1.54) is 16.3 Å². The Morgan fingerprint density at radius 2 is 1.12 bits per heavy atom. The highest BCUT2D eigenvalue weighted by atomic mass is 16.3. The quantitative estimate of drug-likeness (QED) is 0.190. The van der Waals surface area contributed by atoms with Gasteiger partial charge in [-0.1, -0.05) is 115 Å². The Morgan fingerprint density at radius 1 is 0.431 bits per heavy atom. The minimum Gasteiger partial charge on any atom is -0.456 e. The Hall–Kier alpha value is -6.98. The monoisotopic (exact) mass is 653 g/mol. The Bertz CT molecular complexity index is 3130. The molecule has 0 radical (unpaired) electrons. The van der Waals surface area contributed by atoms with Crippen LogP contribution in [0.25, 0.3) is 105 Å². The number of hydrogen-bond donors (Lipinski definition) is 0. The number of fused-ring (bicyclic) bond motifs is 9. The summed E-state index contributed by atoms with van der Waals surface area (Å²) in [6.45, 7) is 0. The van der Waals surface area contributed by atoms with Gasteiger partial charge in [0.15, 0.2) is 11.4 Å². The van der Waals surface area contributed by atoms with Gasteiger partial charge in [0.2, 0.25) is 0 Å². The Balaban J connectivity index is 1.20.